The molecule has 1 fully saturated rings. The Morgan fingerprint density at radius 3 is 2.62 bits per heavy atom. The molecule has 2 atom stereocenters. The fourth-order valence-electron chi connectivity index (χ4n) is 1.75. The Bertz CT molecular complexity index is 126. The molecule has 2 heteroatoms. The Balaban J connectivity index is 2.25. The lowest BCUT2D eigenvalue weighted by atomic mass is 10.0. The second-order valence-electron chi connectivity index (χ2n) is 4.58. The smallest absolute Gasteiger partial charge is 0.00822 e. The molecule has 2 unspecified atom stereocenters. The van der Waals surface area contributed by atoms with E-state index in [2.05, 4.69) is 31.4 Å². The Morgan fingerprint density at radius 1 is 1.15 bits per heavy atom. The van der Waals surface area contributed by atoms with Crippen LogP contribution in [0, 0.1) is 5.92 Å². The van der Waals surface area contributed by atoms with Gasteiger partial charge in [0.15, 0.2) is 0 Å². The van der Waals surface area contributed by atoms with Gasteiger partial charge in [-0.15, -0.1) is 0 Å². The Morgan fingerprint density at radius 2 is 1.92 bits per heavy atom. The largest absolute Gasteiger partial charge is 0.317 e. The van der Waals surface area contributed by atoms with Crippen LogP contribution in [0.15, 0.2) is 0 Å². The van der Waals surface area contributed by atoms with E-state index in [9.17, 15) is 0 Å². The summed E-state index contributed by atoms with van der Waals surface area (Å²) in [4.78, 5) is 0. The number of rotatable bonds is 3. The van der Waals surface area contributed by atoms with E-state index in [1.54, 1.807) is 0 Å². The van der Waals surface area contributed by atoms with Crippen molar-refractivity contribution in [2.45, 2.75) is 52.1 Å². The molecular formula is C11H24N2. The van der Waals surface area contributed by atoms with Crippen molar-refractivity contribution in [1.29, 1.82) is 0 Å². The average molecular weight is 184 g/mol. The summed E-state index contributed by atoms with van der Waals surface area (Å²) >= 11 is 0. The summed E-state index contributed by atoms with van der Waals surface area (Å²) in [5, 5.41) is 7.16. The number of nitrogens with one attached hydrogen (secondary N) is 2. The lowest BCUT2D eigenvalue weighted by Gasteiger charge is -2.24. The first kappa shape index (κ1) is 11.0. The van der Waals surface area contributed by atoms with Crippen molar-refractivity contribution in [3.63, 3.8) is 0 Å². The Labute approximate surface area is 82.5 Å². The summed E-state index contributed by atoms with van der Waals surface area (Å²) in [6, 6.07) is 1.40. The van der Waals surface area contributed by atoms with Crippen LogP contribution in [0.4, 0.5) is 0 Å². The van der Waals surface area contributed by atoms with E-state index in [0.29, 0.717) is 6.04 Å². The SMILES string of the molecule is CC(C)C(C)NC1CCCNCC1. The van der Waals surface area contributed by atoms with E-state index in [1.165, 1.54) is 32.4 Å². The first-order chi connectivity index (χ1) is 6.20. The second kappa shape index (κ2) is 5.61. The molecule has 1 aliphatic heterocycles. The summed E-state index contributed by atoms with van der Waals surface area (Å²) in [7, 11) is 0. The van der Waals surface area contributed by atoms with Crippen LogP contribution in [0.1, 0.15) is 40.0 Å². The number of hydrogen-bond acceptors (Lipinski definition) is 2. The second-order valence-corrected chi connectivity index (χ2v) is 4.58. The van der Waals surface area contributed by atoms with Gasteiger partial charge in [-0.2, -0.15) is 0 Å². The quantitative estimate of drug-likeness (QED) is 0.698. The molecule has 0 spiro atoms. The maximum atomic E-state index is 3.72. The fourth-order valence-corrected chi connectivity index (χ4v) is 1.75. The van der Waals surface area contributed by atoms with Crippen molar-refractivity contribution in [3.05, 3.63) is 0 Å². The molecule has 13 heavy (non-hydrogen) atoms. The highest BCUT2D eigenvalue weighted by Crippen LogP contribution is 2.09. The van der Waals surface area contributed by atoms with Crippen LogP contribution in [-0.2, 0) is 0 Å². The van der Waals surface area contributed by atoms with E-state index >= 15 is 0 Å². The molecular weight excluding hydrogens is 160 g/mol. The van der Waals surface area contributed by atoms with Crippen LogP contribution in [-0.4, -0.2) is 25.2 Å². The standard InChI is InChI=1S/C11H24N2/c1-9(2)10(3)13-11-5-4-7-12-8-6-11/h9-13H,4-8H2,1-3H3. The van der Waals surface area contributed by atoms with E-state index < -0.39 is 0 Å². The van der Waals surface area contributed by atoms with Gasteiger partial charge in [0.05, 0.1) is 0 Å². The molecule has 0 radical (unpaired) electrons. The third-order valence-corrected chi connectivity index (χ3v) is 3.07. The van der Waals surface area contributed by atoms with E-state index in [4.69, 9.17) is 0 Å². The van der Waals surface area contributed by atoms with Gasteiger partial charge in [-0.3, -0.25) is 0 Å². The zero-order valence-electron chi connectivity index (χ0n) is 9.27. The molecule has 1 rings (SSSR count). The Hall–Kier alpha value is -0.0800. The minimum absolute atomic E-state index is 0.656. The van der Waals surface area contributed by atoms with Gasteiger partial charge in [-0.05, 0) is 45.2 Å². The molecule has 0 amide bonds. The molecule has 0 aromatic carbocycles. The van der Waals surface area contributed by atoms with Gasteiger partial charge in [0.1, 0.15) is 0 Å². The van der Waals surface area contributed by atoms with Crippen LogP contribution >= 0.6 is 0 Å². The van der Waals surface area contributed by atoms with E-state index in [0.717, 1.165) is 12.0 Å². The third kappa shape index (κ3) is 4.10. The van der Waals surface area contributed by atoms with E-state index in [1.807, 2.05) is 0 Å². The van der Waals surface area contributed by atoms with Gasteiger partial charge in [0.25, 0.3) is 0 Å². The summed E-state index contributed by atoms with van der Waals surface area (Å²) in [6.07, 6.45) is 3.95. The highest BCUT2D eigenvalue weighted by atomic mass is 15.0. The third-order valence-electron chi connectivity index (χ3n) is 3.07. The number of hydrogen-bond donors (Lipinski definition) is 2. The predicted octanol–water partition coefficient (Wildman–Crippen LogP) is 1.76. The van der Waals surface area contributed by atoms with Crippen LogP contribution < -0.4 is 10.6 Å². The molecule has 0 bridgehead atoms. The molecule has 0 saturated carbocycles. The van der Waals surface area contributed by atoms with Crippen molar-refractivity contribution < 1.29 is 0 Å². The van der Waals surface area contributed by atoms with Gasteiger partial charge < -0.3 is 10.6 Å². The van der Waals surface area contributed by atoms with Crippen molar-refractivity contribution in [3.8, 4) is 0 Å². The normalized spacial score (nSPS) is 27.2. The molecule has 78 valence electrons. The van der Waals surface area contributed by atoms with Crippen molar-refractivity contribution in [2.24, 2.45) is 5.92 Å². The van der Waals surface area contributed by atoms with Gasteiger partial charge in [-0.1, -0.05) is 13.8 Å². The van der Waals surface area contributed by atoms with Gasteiger partial charge in [0, 0.05) is 12.1 Å². The molecule has 0 aromatic heterocycles. The first-order valence-corrected chi connectivity index (χ1v) is 5.67. The molecule has 1 aliphatic rings. The van der Waals surface area contributed by atoms with Crippen LogP contribution in [0.5, 0.6) is 0 Å². The highest BCUT2D eigenvalue weighted by Gasteiger charge is 2.15. The molecule has 1 saturated heterocycles. The van der Waals surface area contributed by atoms with Crippen LogP contribution in [0.25, 0.3) is 0 Å². The fraction of sp³-hybridized carbons (Fsp3) is 1.00. The maximum Gasteiger partial charge on any atom is 0.00822 e. The van der Waals surface area contributed by atoms with Crippen LogP contribution in [0.2, 0.25) is 0 Å². The summed E-state index contributed by atoms with van der Waals surface area (Å²) in [5.41, 5.74) is 0. The van der Waals surface area contributed by atoms with Crippen molar-refractivity contribution in [2.75, 3.05) is 13.1 Å². The zero-order valence-corrected chi connectivity index (χ0v) is 9.27. The summed E-state index contributed by atoms with van der Waals surface area (Å²) in [5.74, 6) is 0.746. The topological polar surface area (TPSA) is 24.1 Å². The summed E-state index contributed by atoms with van der Waals surface area (Å²) in [6.45, 7) is 9.25. The minimum atomic E-state index is 0.656. The molecule has 2 N–H and O–H groups in total. The molecule has 1 heterocycles. The zero-order chi connectivity index (χ0) is 9.68. The van der Waals surface area contributed by atoms with E-state index in [-0.39, 0.29) is 0 Å². The maximum absolute atomic E-state index is 3.72. The monoisotopic (exact) mass is 184 g/mol. The first-order valence-electron chi connectivity index (χ1n) is 5.67. The molecule has 0 aromatic rings. The summed E-state index contributed by atoms with van der Waals surface area (Å²) < 4.78 is 0. The lowest BCUT2D eigenvalue weighted by molar-refractivity contribution is 0.353. The molecule has 2 nitrogen and oxygen atoms in total. The van der Waals surface area contributed by atoms with Gasteiger partial charge in [0.2, 0.25) is 0 Å². The predicted molar refractivity (Wildman–Crippen MR) is 57.9 cm³/mol. The average Bonchev–Trinajstić information content (AvgIpc) is 2.32. The Kier molecular flexibility index (Phi) is 4.74. The highest BCUT2D eigenvalue weighted by molar-refractivity contribution is 4.76. The minimum Gasteiger partial charge on any atom is -0.317 e. The van der Waals surface area contributed by atoms with Gasteiger partial charge in [-0.25, -0.2) is 0 Å². The molecule has 0 aliphatic carbocycles. The lowest BCUT2D eigenvalue weighted by Crippen LogP contribution is -2.39. The van der Waals surface area contributed by atoms with Crippen molar-refractivity contribution in [1.82, 2.24) is 10.6 Å². The van der Waals surface area contributed by atoms with Crippen LogP contribution in [0.3, 0.4) is 0 Å². The van der Waals surface area contributed by atoms with Crippen molar-refractivity contribution >= 4 is 0 Å². The van der Waals surface area contributed by atoms with Gasteiger partial charge >= 0.3 is 0 Å².